The minimum atomic E-state index is -0.137. The number of amides is 1. The van der Waals surface area contributed by atoms with Gasteiger partial charge < -0.3 is 10.6 Å². The molecule has 1 aliphatic carbocycles. The molecule has 1 fully saturated rings. The predicted molar refractivity (Wildman–Crippen MR) is 92.9 cm³/mol. The molecule has 0 bridgehead atoms. The molecule has 1 aliphatic heterocycles. The number of carbonyl (C=O) groups is 1. The second-order valence-electron chi connectivity index (χ2n) is 6.06. The summed E-state index contributed by atoms with van der Waals surface area (Å²) in [5.41, 5.74) is 2.11. The Morgan fingerprint density at radius 2 is 1.96 bits per heavy atom. The lowest BCUT2D eigenvalue weighted by molar-refractivity contribution is -0.122. The van der Waals surface area contributed by atoms with Crippen LogP contribution in [-0.4, -0.2) is 12.1 Å². The van der Waals surface area contributed by atoms with Gasteiger partial charge in [-0.3, -0.25) is 4.79 Å². The zero-order valence-corrected chi connectivity index (χ0v) is 13.3. The summed E-state index contributed by atoms with van der Waals surface area (Å²) in [6.07, 6.45) is 5.89. The van der Waals surface area contributed by atoms with Crippen molar-refractivity contribution in [3.05, 3.63) is 57.9 Å². The summed E-state index contributed by atoms with van der Waals surface area (Å²) >= 11 is 6.28. The molecule has 1 atom stereocenters. The van der Waals surface area contributed by atoms with Gasteiger partial charge in [-0.2, -0.15) is 0 Å². The van der Waals surface area contributed by atoms with Gasteiger partial charge in [-0.05, 0) is 47.1 Å². The molecule has 0 aromatic heterocycles. The molecule has 2 N–H and O–H groups in total. The zero-order valence-electron chi connectivity index (χ0n) is 12.6. The molecule has 4 rings (SSSR count). The normalized spacial score (nSPS) is 18.9. The highest BCUT2D eigenvalue weighted by Gasteiger charge is 2.30. The van der Waals surface area contributed by atoms with Gasteiger partial charge in [-0.1, -0.05) is 41.9 Å². The monoisotopic (exact) mass is 324 g/mol. The molecule has 116 valence electrons. The van der Waals surface area contributed by atoms with Gasteiger partial charge in [0.1, 0.15) is 6.17 Å². The fourth-order valence-electron chi connectivity index (χ4n) is 2.82. The van der Waals surface area contributed by atoms with Gasteiger partial charge in [0.2, 0.25) is 5.91 Å². The summed E-state index contributed by atoms with van der Waals surface area (Å²) in [5, 5.41) is 9.21. The molecule has 0 radical (unpaired) electrons. The van der Waals surface area contributed by atoms with E-state index >= 15 is 0 Å². The summed E-state index contributed by atoms with van der Waals surface area (Å²) in [5.74, 6) is 0.359. The third-order valence-corrected chi connectivity index (χ3v) is 4.61. The third-order valence-electron chi connectivity index (χ3n) is 4.28. The van der Waals surface area contributed by atoms with Gasteiger partial charge in [0.25, 0.3) is 0 Å². The van der Waals surface area contributed by atoms with Crippen molar-refractivity contribution in [1.29, 1.82) is 0 Å². The van der Waals surface area contributed by atoms with E-state index in [0.29, 0.717) is 0 Å². The molecule has 0 saturated heterocycles. The predicted octanol–water partition coefficient (Wildman–Crippen LogP) is 1.98. The molecular weight excluding hydrogens is 308 g/mol. The number of benzene rings is 2. The van der Waals surface area contributed by atoms with Gasteiger partial charge in [-0.15, -0.1) is 0 Å². The van der Waals surface area contributed by atoms with Gasteiger partial charge >= 0.3 is 0 Å². The SMILES string of the molecule is O=C(NC1C=c2ccc(-c3ccccc3Cl)cc2=CN1)C1CC1. The average molecular weight is 325 g/mol. The lowest BCUT2D eigenvalue weighted by atomic mass is 10.0. The van der Waals surface area contributed by atoms with E-state index in [0.717, 1.165) is 39.4 Å². The van der Waals surface area contributed by atoms with Crippen molar-refractivity contribution < 1.29 is 4.79 Å². The van der Waals surface area contributed by atoms with Crippen LogP contribution >= 0.6 is 11.6 Å². The maximum Gasteiger partial charge on any atom is 0.224 e. The Kier molecular flexibility index (Phi) is 3.58. The Morgan fingerprint density at radius 3 is 2.74 bits per heavy atom. The Bertz CT molecular complexity index is 886. The fourth-order valence-corrected chi connectivity index (χ4v) is 3.07. The van der Waals surface area contributed by atoms with Crippen molar-refractivity contribution in [1.82, 2.24) is 10.6 Å². The molecule has 3 nitrogen and oxygen atoms in total. The van der Waals surface area contributed by atoms with E-state index in [1.165, 1.54) is 0 Å². The Hall–Kier alpha value is -2.26. The maximum absolute atomic E-state index is 11.9. The zero-order chi connectivity index (χ0) is 15.8. The van der Waals surface area contributed by atoms with Crippen LogP contribution in [0.5, 0.6) is 0 Å². The first-order valence-electron chi connectivity index (χ1n) is 7.84. The number of fused-ring (bicyclic) bond motifs is 1. The Balaban J connectivity index is 1.63. The van der Waals surface area contributed by atoms with Crippen LogP contribution in [0.2, 0.25) is 5.02 Å². The summed E-state index contributed by atoms with van der Waals surface area (Å²) in [4.78, 5) is 11.9. The van der Waals surface area contributed by atoms with Crippen molar-refractivity contribution in [2.24, 2.45) is 5.92 Å². The molecule has 1 saturated carbocycles. The van der Waals surface area contributed by atoms with E-state index < -0.39 is 0 Å². The molecule has 0 spiro atoms. The molecule has 23 heavy (non-hydrogen) atoms. The number of nitrogens with one attached hydrogen (secondary N) is 2. The number of halogens is 1. The highest BCUT2D eigenvalue weighted by molar-refractivity contribution is 6.33. The van der Waals surface area contributed by atoms with Crippen molar-refractivity contribution in [2.75, 3.05) is 0 Å². The van der Waals surface area contributed by atoms with Crippen LogP contribution in [0.3, 0.4) is 0 Å². The van der Waals surface area contributed by atoms with Gasteiger partial charge in [0.15, 0.2) is 0 Å². The topological polar surface area (TPSA) is 41.1 Å². The molecule has 2 aromatic rings. The van der Waals surface area contributed by atoms with E-state index in [2.05, 4.69) is 28.8 Å². The fraction of sp³-hybridized carbons (Fsp3) is 0.211. The standard InChI is InChI=1S/C19H17ClN2O/c20-17-4-2-1-3-16(17)14-8-7-13-10-18(21-11-15(13)9-14)22-19(23)12-5-6-12/h1-4,7-12,18,21H,5-6H2,(H,22,23). The lowest BCUT2D eigenvalue weighted by Crippen LogP contribution is -2.48. The first-order valence-corrected chi connectivity index (χ1v) is 8.22. The molecule has 2 aromatic carbocycles. The largest absolute Gasteiger partial charge is 0.368 e. The summed E-state index contributed by atoms with van der Waals surface area (Å²) in [7, 11) is 0. The maximum atomic E-state index is 11.9. The van der Waals surface area contributed by atoms with Crippen molar-refractivity contribution >= 4 is 29.8 Å². The van der Waals surface area contributed by atoms with Crippen LogP contribution in [-0.2, 0) is 4.79 Å². The molecule has 1 unspecified atom stereocenters. The Morgan fingerprint density at radius 1 is 1.13 bits per heavy atom. The minimum Gasteiger partial charge on any atom is -0.368 e. The number of carbonyl (C=O) groups excluding carboxylic acids is 1. The number of rotatable bonds is 3. The highest BCUT2D eigenvalue weighted by Crippen LogP contribution is 2.29. The number of hydrogen-bond donors (Lipinski definition) is 2. The van der Waals surface area contributed by atoms with Crippen LogP contribution < -0.4 is 21.1 Å². The van der Waals surface area contributed by atoms with Gasteiger partial charge in [-0.25, -0.2) is 0 Å². The lowest BCUT2D eigenvalue weighted by Gasteiger charge is -2.18. The molecule has 2 aliphatic rings. The van der Waals surface area contributed by atoms with Crippen LogP contribution in [0.4, 0.5) is 0 Å². The molecule has 4 heteroatoms. The third kappa shape index (κ3) is 2.97. The molecular formula is C19H17ClN2O. The summed E-state index contributed by atoms with van der Waals surface area (Å²) < 4.78 is 0. The van der Waals surface area contributed by atoms with Crippen LogP contribution in [0.25, 0.3) is 23.4 Å². The van der Waals surface area contributed by atoms with Crippen LogP contribution in [0.15, 0.2) is 42.5 Å². The minimum absolute atomic E-state index is 0.137. The van der Waals surface area contributed by atoms with Crippen molar-refractivity contribution in [3.8, 4) is 11.1 Å². The summed E-state index contributed by atoms with van der Waals surface area (Å²) in [6.45, 7) is 0. The van der Waals surface area contributed by atoms with Gasteiger partial charge in [0.05, 0.1) is 0 Å². The van der Waals surface area contributed by atoms with Crippen molar-refractivity contribution in [3.63, 3.8) is 0 Å². The Labute approximate surface area is 139 Å². The van der Waals surface area contributed by atoms with Crippen LogP contribution in [0, 0.1) is 5.92 Å². The average Bonchev–Trinajstić information content (AvgIpc) is 3.40. The van der Waals surface area contributed by atoms with E-state index in [9.17, 15) is 4.79 Å². The van der Waals surface area contributed by atoms with E-state index in [1.54, 1.807) is 0 Å². The first-order chi connectivity index (χ1) is 11.2. The van der Waals surface area contributed by atoms with Crippen molar-refractivity contribution in [2.45, 2.75) is 19.0 Å². The summed E-state index contributed by atoms with van der Waals surface area (Å²) in [6, 6.07) is 14.1. The number of hydrogen-bond acceptors (Lipinski definition) is 2. The van der Waals surface area contributed by atoms with E-state index in [1.807, 2.05) is 36.5 Å². The quantitative estimate of drug-likeness (QED) is 0.906. The second kappa shape index (κ2) is 5.74. The van der Waals surface area contributed by atoms with Crippen LogP contribution in [0.1, 0.15) is 12.8 Å². The van der Waals surface area contributed by atoms with E-state index in [-0.39, 0.29) is 18.0 Å². The first kappa shape index (κ1) is 14.3. The second-order valence-corrected chi connectivity index (χ2v) is 6.47. The van der Waals surface area contributed by atoms with E-state index in [4.69, 9.17) is 11.6 Å². The van der Waals surface area contributed by atoms with Gasteiger partial charge in [0, 0.05) is 22.7 Å². The molecule has 1 heterocycles. The highest BCUT2D eigenvalue weighted by atomic mass is 35.5. The molecule has 1 amide bonds. The smallest absolute Gasteiger partial charge is 0.224 e.